The fraction of sp³-hybridized carbons (Fsp3) is 0.242. The highest BCUT2D eigenvalue weighted by molar-refractivity contribution is 9.10. The van der Waals surface area contributed by atoms with Crippen molar-refractivity contribution >= 4 is 45.9 Å². The molecule has 0 saturated heterocycles. The van der Waals surface area contributed by atoms with E-state index in [1.807, 2.05) is 36.4 Å². The van der Waals surface area contributed by atoms with Crippen LogP contribution in [0.5, 0.6) is 5.75 Å². The second kappa shape index (κ2) is 16.1. The zero-order chi connectivity index (χ0) is 30.1. The summed E-state index contributed by atoms with van der Waals surface area (Å²) in [4.78, 5) is 13.3. The summed E-state index contributed by atoms with van der Waals surface area (Å²) in [5.41, 5.74) is 2.36. The molecular weight excluding hydrogens is 666 g/mol. The van der Waals surface area contributed by atoms with Crippen molar-refractivity contribution in [3.8, 4) is 5.75 Å². The van der Waals surface area contributed by atoms with E-state index in [9.17, 15) is 18.0 Å². The highest BCUT2D eigenvalue weighted by Crippen LogP contribution is 2.37. The molecule has 0 amide bonds. The monoisotopic (exact) mass is 695 g/mol. The summed E-state index contributed by atoms with van der Waals surface area (Å²) in [7, 11) is 0. The molecule has 4 rings (SSSR count). The third-order valence-corrected chi connectivity index (χ3v) is 8.09. The summed E-state index contributed by atoms with van der Waals surface area (Å²) in [6.07, 6.45) is -4.10. The average Bonchev–Trinajstić information content (AvgIpc) is 2.96. The largest absolute Gasteiger partial charge is 0.494 e. The predicted molar refractivity (Wildman–Crippen MR) is 169 cm³/mol. The molecule has 0 aliphatic carbocycles. The molecule has 10 heteroatoms. The first-order valence-corrected chi connectivity index (χ1v) is 14.6. The molecule has 0 bridgehead atoms. The van der Waals surface area contributed by atoms with Crippen molar-refractivity contribution in [2.24, 2.45) is 0 Å². The number of aliphatic carboxylic acids is 1. The van der Waals surface area contributed by atoms with Gasteiger partial charge >= 0.3 is 12.1 Å². The molecule has 4 aromatic carbocycles. The third-order valence-electron chi connectivity index (χ3n) is 6.87. The van der Waals surface area contributed by atoms with Gasteiger partial charge in [0.1, 0.15) is 5.75 Å². The number of carbonyl (C=O) groups is 1. The number of hydrogen-bond donors (Lipinski definition) is 1. The number of carboxylic acid groups (broad SMARTS) is 1. The number of halogens is 6. The third kappa shape index (κ3) is 10.00. The van der Waals surface area contributed by atoms with Gasteiger partial charge in [0, 0.05) is 30.0 Å². The van der Waals surface area contributed by atoms with E-state index in [-0.39, 0.29) is 36.3 Å². The molecule has 43 heavy (non-hydrogen) atoms. The lowest BCUT2D eigenvalue weighted by molar-refractivity contribution is -0.138. The molecule has 228 valence electrons. The lowest BCUT2D eigenvalue weighted by Gasteiger charge is -2.29. The van der Waals surface area contributed by atoms with Crippen LogP contribution in [0.2, 0.25) is 5.02 Å². The molecule has 4 nitrogen and oxygen atoms in total. The van der Waals surface area contributed by atoms with Crippen molar-refractivity contribution in [3.05, 3.63) is 134 Å². The van der Waals surface area contributed by atoms with E-state index in [2.05, 4.69) is 45.1 Å². The summed E-state index contributed by atoms with van der Waals surface area (Å²) in [6.45, 7) is 1.63. The second-order valence-electron chi connectivity index (χ2n) is 9.91. The number of ether oxygens (including phenoxy) is 1. The topological polar surface area (TPSA) is 49.8 Å². The molecule has 0 aliphatic heterocycles. The van der Waals surface area contributed by atoms with Crippen molar-refractivity contribution in [1.82, 2.24) is 4.90 Å². The first-order valence-electron chi connectivity index (χ1n) is 13.4. The van der Waals surface area contributed by atoms with Gasteiger partial charge in [-0.2, -0.15) is 13.2 Å². The van der Waals surface area contributed by atoms with E-state index in [1.165, 1.54) is 6.07 Å². The SMILES string of the molecule is Cl.O=C(O)Cc1cc(OCCCN(Cc2cccc(C(F)(F)F)c2Cl)CC(c2ccccc2)c2ccccc2)ccc1Br. The summed E-state index contributed by atoms with van der Waals surface area (Å²) in [5, 5.41) is 8.87. The molecule has 0 unspecified atom stereocenters. The Morgan fingerprint density at radius 3 is 2.12 bits per heavy atom. The van der Waals surface area contributed by atoms with Crippen molar-refractivity contribution in [2.75, 3.05) is 19.7 Å². The Hall–Kier alpha value is -3.04. The van der Waals surface area contributed by atoms with Crippen LogP contribution in [-0.2, 0) is 23.9 Å². The standard InChI is InChI=1S/C33H30BrClF3NO3.ClH/c34-30-16-15-27(19-26(30)20-31(40)41)42-18-8-17-39(21-25-13-7-14-29(32(25)35)33(36,37)38)22-28(23-9-3-1-4-10-23)24-11-5-2-6-12-24;/h1-7,9-16,19,28H,8,17-18,20-22H2,(H,40,41);1H. The second-order valence-corrected chi connectivity index (χ2v) is 11.1. The highest BCUT2D eigenvalue weighted by atomic mass is 79.9. The lowest BCUT2D eigenvalue weighted by atomic mass is 9.90. The van der Waals surface area contributed by atoms with E-state index in [0.29, 0.717) is 47.5 Å². The number of benzene rings is 4. The van der Waals surface area contributed by atoms with Crippen LogP contribution in [0, 0.1) is 0 Å². The number of nitrogens with zero attached hydrogens (tertiary/aromatic N) is 1. The zero-order valence-corrected chi connectivity index (χ0v) is 26.2. The normalized spacial score (nSPS) is 11.4. The maximum absolute atomic E-state index is 13.6. The van der Waals surface area contributed by atoms with Gasteiger partial charge in [0.25, 0.3) is 0 Å². The zero-order valence-electron chi connectivity index (χ0n) is 23.1. The fourth-order valence-corrected chi connectivity index (χ4v) is 5.53. The van der Waals surface area contributed by atoms with Crippen molar-refractivity contribution in [2.45, 2.75) is 31.5 Å². The Balaban J connectivity index is 0.00000506. The van der Waals surface area contributed by atoms with Gasteiger partial charge in [-0.25, -0.2) is 0 Å². The minimum atomic E-state index is -4.55. The molecule has 0 spiro atoms. The molecule has 4 aromatic rings. The minimum Gasteiger partial charge on any atom is -0.494 e. The molecular formula is C33H31BrCl2F3NO3. The lowest BCUT2D eigenvalue weighted by Crippen LogP contribution is -2.31. The van der Waals surface area contributed by atoms with Crippen LogP contribution in [-0.4, -0.2) is 35.7 Å². The average molecular weight is 697 g/mol. The maximum Gasteiger partial charge on any atom is 0.417 e. The van der Waals surface area contributed by atoms with Gasteiger partial charge in [-0.3, -0.25) is 9.69 Å². The molecule has 0 fully saturated rings. The molecule has 1 N–H and O–H groups in total. The van der Waals surface area contributed by atoms with E-state index in [1.54, 1.807) is 24.3 Å². The predicted octanol–water partition coefficient (Wildman–Crippen LogP) is 9.27. The Labute approximate surface area is 269 Å². The number of rotatable bonds is 13. The molecule has 0 aromatic heterocycles. The van der Waals surface area contributed by atoms with Crippen molar-refractivity contribution in [3.63, 3.8) is 0 Å². The minimum absolute atomic E-state index is 0. The molecule has 0 saturated carbocycles. The quantitative estimate of drug-likeness (QED) is 0.142. The van der Waals surface area contributed by atoms with Gasteiger partial charge in [-0.05, 0) is 52.9 Å². The van der Waals surface area contributed by atoms with E-state index in [4.69, 9.17) is 21.4 Å². The summed E-state index contributed by atoms with van der Waals surface area (Å²) in [6, 6.07) is 29.2. The van der Waals surface area contributed by atoms with Crippen LogP contribution < -0.4 is 4.74 Å². The summed E-state index contributed by atoms with van der Waals surface area (Å²) < 4.78 is 47.4. The van der Waals surface area contributed by atoms with Gasteiger partial charge in [-0.15, -0.1) is 12.4 Å². The fourth-order valence-electron chi connectivity index (χ4n) is 4.85. The van der Waals surface area contributed by atoms with Gasteiger partial charge in [0.2, 0.25) is 0 Å². The van der Waals surface area contributed by atoms with Gasteiger partial charge in [0.05, 0.1) is 23.6 Å². The van der Waals surface area contributed by atoms with Crippen molar-refractivity contribution in [1.29, 1.82) is 0 Å². The maximum atomic E-state index is 13.6. The van der Waals surface area contributed by atoms with E-state index >= 15 is 0 Å². The first kappa shape index (κ1) is 34.5. The van der Waals surface area contributed by atoms with Crippen molar-refractivity contribution < 1.29 is 27.8 Å². The van der Waals surface area contributed by atoms with Crippen LogP contribution >= 0.6 is 39.9 Å². The Kier molecular flexibility index (Phi) is 12.9. The summed E-state index contributed by atoms with van der Waals surface area (Å²) >= 11 is 9.66. The number of carboxylic acids is 1. The molecule has 0 radical (unpaired) electrons. The van der Waals surface area contributed by atoms with Gasteiger partial charge < -0.3 is 9.84 Å². The number of hydrogen-bond acceptors (Lipinski definition) is 3. The van der Waals surface area contributed by atoms with Crippen LogP contribution in [0.25, 0.3) is 0 Å². The van der Waals surface area contributed by atoms with Gasteiger partial charge in [0.15, 0.2) is 0 Å². The number of alkyl halides is 3. The first-order chi connectivity index (χ1) is 20.1. The smallest absolute Gasteiger partial charge is 0.417 e. The van der Waals surface area contributed by atoms with Crippen LogP contribution in [0.3, 0.4) is 0 Å². The Morgan fingerprint density at radius 1 is 0.907 bits per heavy atom. The highest BCUT2D eigenvalue weighted by Gasteiger charge is 2.34. The van der Waals surface area contributed by atoms with E-state index < -0.39 is 17.7 Å². The van der Waals surface area contributed by atoms with Crippen LogP contribution in [0.15, 0.2) is 102 Å². The van der Waals surface area contributed by atoms with Crippen LogP contribution in [0.1, 0.15) is 40.2 Å². The molecule has 0 atom stereocenters. The van der Waals surface area contributed by atoms with Crippen LogP contribution in [0.4, 0.5) is 13.2 Å². The molecule has 0 heterocycles. The van der Waals surface area contributed by atoms with E-state index in [0.717, 1.165) is 17.2 Å². The molecule has 0 aliphatic rings. The Bertz CT molecular complexity index is 1430. The van der Waals surface area contributed by atoms with Gasteiger partial charge in [-0.1, -0.05) is 100 Å². The summed E-state index contributed by atoms with van der Waals surface area (Å²) in [5.74, 6) is -0.417. The Morgan fingerprint density at radius 2 is 1.53 bits per heavy atom.